The number of thioether (sulfide) groups is 1. The van der Waals surface area contributed by atoms with Gasteiger partial charge >= 0.3 is 0 Å². The monoisotopic (exact) mass is 490 g/mol. The van der Waals surface area contributed by atoms with Crippen molar-refractivity contribution in [1.29, 1.82) is 0 Å². The average molecular weight is 491 g/mol. The van der Waals surface area contributed by atoms with Crippen LogP contribution in [0.25, 0.3) is 0 Å². The zero-order chi connectivity index (χ0) is 22.1. The summed E-state index contributed by atoms with van der Waals surface area (Å²) < 4.78 is 0.956. The van der Waals surface area contributed by atoms with Crippen molar-refractivity contribution in [2.24, 2.45) is 0 Å². The lowest BCUT2D eigenvalue weighted by molar-refractivity contribution is -0.138. The van der Waals surface area contributed by atoms with Crippen LogP contribution in [0, 0.1) is 6.92 Å². The van der Waals surface area contributed by atoms with Crippen molar-refractivity contribution in [3.8, 4) is 0 Å². The first kappa shape index (κ1) is 24.5. The third-order valence-electron chi connectivity index (χ3n) is 5.03. The van der Waals surface area contributed by atoms with E-state index in [1.54, 1.807) is 23.6 Å². The molecule has 0 aliphatic rings. The van der Waals surface area contributed by atoms with Gasteiger partial charge in [-0.15, -0.1) is 11.8 Å². The summed E-state index contributed by atoms with van der Waals surface area (Å²) >= 11 is 5.06. The van der Waals surface area contributed by atoms with Crippen LogP contribution in [-0.4, -0.2) is 34.6 Å². The van der Waals surface area contributed by atoms with Crippen molar-refractivity contribution < 1.29 is 9.59 Å². The average Bonchev–Trinajstić information content (AvgIpc) is 2.72. The summed E-state index contributed by atoms with van der Waals surface area (Å²) in [6.07, 6.45) is 0.852. The summed E-state index contributed by atoms with van der Waals surface area (Å²) in [5, 5.41) is 3.00. The highest BCUT2D eigenvalue weighted by Gasteiger charge is 2.26. The molecule has 0 bridgehead atoms. The van der Waals surface area contributed by atoms with Crippen LogP contribution < -0.4 is 5.32 Å². The van der Waals surface area contributed by atoms with Crippen molar-refractivity contribution in [1.82, 2.24) is 10.2 Å². The standard InChI is InChI=1S/C24H31BrN2O2S/c1-5-18(3)26-24(29)19(4)27(14-21-7-6-8-22(25)13-21)23(28)16-30-15-20-11-9-17(2)10-12-20/h6-13,18-19H,5,14-16H2,1-4H3,(H,26,29)/t18-,19+/m0/s1. The molecule has 2 amide bonds. The highest BCUT2D eigenvalue weighted by Crippen LogP contribution is 2.18. The molecule has 30 heavy (non-hydrogen) atoms. The van der Waals surface area contributed by atoms with Crippen LogP contribution in [-0.2, 0) is 21.9 Å². The van der Waals surface area contributed by atoms with Crippen LogP contribution in [0.15, 0.2) is 53.0 Å². The zero-order valence-corrected chi connectivity index (χ0v) is 20.6. The van der Waals surface area contributed by atoms with Crippen LogP contribution in [0.3, 0.4) is 0 Å². The SMILES string of the molecule is CC[C@H](C)NC(=O)[C@@H](C)N(Cc1cccc(Br)c1)C(=O)CSCc1ccc(C)cc1. The van der Waals surface area contributed by atoms with Gasteiger partial charge in [0.1, 0.15) is 6.04 Å². The summed E-state index contributed by atoms with van der Waals surface area (Å²) in [5.41, 5.74) is 3.41. The van der Waals surface area contributed by atoms with Gasteiger partial charge in [-0.2, -0.15) is 0 Å². The van der Waals surface area contributed by atoms with E-state index in [-0.39, 0.29) is 17.9 Å². The summed E-state index contributed by atoms with van der Waals surface area (Å²) in [6, 6.07) is 15.7. The van der Waals surface area contributed by atoms with Crippen LogP contribution in [0.5, 0.6) is 0 Å². The van der Waals surface area contributed by atoms with E-state index in [1.165, 1.54) is 11.1 Å². The molecule has 2 atom stereocenters. The molecule has 0 unspecified atom stereocenters. The molecule has 1 N–H and O–H groups in total. The minimum atomic E-state index is -0.537. The lowest BCUT2D eigenvalue weighted by Gasteiger charge is -2.29. The van der Waals surface area contributed by atoms with E-state index in [0.29, 0.717) is 12.3 Å². The van der Waals surface area contributed by atoms with E-state index in [1.807, 2.05) is 38.1 Å². The Morgan fingerprint density at radius 2 is 1.80 bits per heavy atom. The maximum absolute atomic E-state index is 13.1. The third-order valence-corrected chi connectivity index (χ3v) is 6.51. The fraction of sp³-hybridized carbons (Fsp3) is 0.417. The Kier molecular flexibility index (Phi) is 9.92. The molecule has 0 aromatic heterocycles. The molecular formula is C24H31BrN2O2S. The van der Waals surface area contributed by atoms with Gasteiger partial charge in [0.2, 0.25) is 11.8 Å². The first-order chi connectivity index (χ1) is 14.3. The second kappa shape index (κ2) is 12.2. The van der Waals surface area contributed by atoms with Crippen LogP contribution in [0.4, 0.5) is 0 Å². The molecular weight excluding hydrogens is 460 g/mol. The number of carbonyl (C=O) groups is 2. The van der Waals surface area contributed by atoms with Gasteiger partial charge in [0.15, 0.2) is 0 Å². The van der Waals surface area contributed by atoms with E-state index in [4.69, 9.17) is 0 Å². The summed E-state index contributed by atoms with van der Waals surface area (Å²) in [4.78, 5) is 27.5. The van der Waals surface area contributed by atoms with E-state index in [9.17, 15) is 9.59 Å². The number of nitrogens with one attached hydrogen (secondary N) is 1. The van der Waals surface area contributed by atoms with Gasteiger partial charge in [0, 0.05) is 22.8 Å². The molecule has 6 heteroatoms. The first-order valence-corrected chi connectivity index (χ1v) is 12.2. The number of benzene rings is 2. The molecule has 2 aromatic carbocycles. The number of rotatable bonds is 10. The van der Waals surface area contributed by atoms with Crippen LogP contribution in [0.1, 0.15) is 43.9 Å². The minimum absolute atomic E-state index is 0.0288. The fourth-order valence-corrected chi connectivity index (χ4v) is 4.22. The number of hydrogen-bond donors (Lipinski definition) is 1. The van der Waals surface area contributed by atoms with Crippen molar-refractivity contribution in [2.75, 3.05) is 5.75 Å². The number of aryl methyl sites for hydroxylation is 1. The van der Waals surface area contributed by atoms with E-state index in [0.717, 1.165) is 22.2 Å². The Hall–Kier alpha value is -1.79. The Balaban J connectivity index is 2.07. The topological polar surface area (TPSA) is 49.4 Å². The molecule has 0 aliphatic heterocycles. The smallest absolute Gasteiger partial charge is 0.242 e. The molecule has 0 saturated carbocycles. The van der Waals surface area contributed by atoms with Gasteiger partial charge in [-0.25, -0.2) is 0 Å². The molecule has 0 spiro atoms. The Morgan fingerprint density at radius 1 is 1.10 bits per heavy atom. The van der Waals surface area contributed by atoms with E-state index < -0.39 is 6.04 Å². The Morgan fingerprint density at radius 3 is 2.43 bits per heavy atom. The number of halogens is 1. The van der Waals surface area contributed by atoms with Gasteiger partial charge in [0.05, 0.1) is 5.75 Å². The van der Waals surface area contributed by atoms with Crippen molar-refractivity contribution in [3.05, 3.63) is 69.7 Å². The van der Waals surface area contributed by atoms with Gasteiger partial charge in [-0.05, 0) is 50.5 Å². The molecule has 2 rings (SSSR count). The lowest BCUT2D eigenvalue weighted by atomic mass is 10.1. The predicted octanol–water partition coefficient (Wildman–Crippen LogP) is 5.32. The Bertz CT molecular complexity index is 841. The highest BCUT2D eigenvalue weighted by atomic mass is 79.9. The summed E-state index contributed by atoms with van der Waals surface area (Å²) in [7, 11) is 0. The van der Waals surface area contributed by atoms with E-state index in [2.05, 4.69) is 52.4 Å². The molecule has 0 radical (unpaired) electrons. The molecule has 0 saturated heterocycles. The summed E-state index contributed by atoms with van der Waals surface area (Å²) in [6.45, 7) is 8.27. The second-order valence-corrected chi connectivity index (χ2v) is 9.53. The largest absolute Gasteiger partial charge is 0.352 e. The molecule has 0 aliphatic carbocycles. The molecule has 0 fully saturated rings. The van der Waals surface area contributed by atoms with Gasteiger partial charge in [-0.3, -0.25) is 9.59 Å². The normalized spacial score (nSPS) is 12.8. The van der Waals surface area contributed by atoms with Gasteiger partial charge in [0.25, 0.3) is 0 Å². The lowest BCUT2D eigenvalue weighted by Crippen LogP contribution is -2.50. The number of hydrogen-bond acceptors (Lipinski definition) is 3. The first-order valence-electron chi connectivity index (χ1n) is 10.3. The minimum Gasteiger partial charge on any atom is -0.352 e. The second-order valence-electron chi connectivity index (χ2n) is 7.62. The van der Waals surface area contributed by atoms with Crippen molar-refractivity contribution in [2.45, 2.75) is 58.5 Å². The van der Waals surface area contributed by atoms with Crippen LogP contribution in [0.2, 0.25) is 0 Å². The van der Waals surface area contributed by atoms with Gasteiger partial charge < -0.3 is 10.2 Å². The number of carbonyl (C=O) groups excluding carboxylic acids is 2. The predicted molar refractivity (Wildman–Crippen MR) is 129 cm³/mol. The molecule has 4 nitrogen and oxygen atoms in total. The fourth-order valence-electron chi connectivity index (χ4n) is 2.90. The maximum Gasteiger partial charge on any atom is 0.242 e. The number of nitrogens with zero attached hydrogens (tertiary/aromatic N) is 1. The van der Waals surface area contributed by atoms with Crippen molar-refractivity contribution >= 4 is 39.5 Å². The Labute approximate surface area is 192 Å². The molecule has 0 heterocycles. The molecule has 2 aromatic rings. The maximum atomic E-state index is 13.1. The summed E-state index contributed by atoms with van der Waals surface area (Å²) in [5.74, 6) is 0.961. The zero-order valence-electron chi connectivity index (χ0n) is 18.2. The quantitative estimate of drug-likeness (QED) is 0.489. The third kappa shape index (κ3) is 7.80. The molecule has 162 valence electrons. The number of amides is 2. The highest BCUT2D eigenvalue weighted by molar-refractivity contribution is 9.10. The van der Waals surface area contributed by atoms with Crippen LogP contribution >= 0.6 is 27.7 Å². The van der Waals surface area contributed by atoms with E-state index >= 15 is 0 Å². The van der Waals surface area contributed by atoms with Gasteiger partial charge in [-0.1, -0.05) is 64.8 Å². The van der Waals surface area contributed by atoms with Crippen molar-refractivity contribution in [3.63, 3.8) is 0 Å².